The molecule has 1 saturated heterocycles. The molecular weight excluding hydrogens is 1580 g/mol. The first-order chi connectivity index (χ1) is 56.4. The summed E-state index contributed by atoms with van der Waals surface area (Å²) in [6.07, 6.45) is 14.6. The predicted molar refractivity (Wildman–Crippen MR) is 459 cm³/mol. The lowest BCUT2D eigenvalue weighted by molar-refractivity contribution is -0.144. The summed E-state index contributed by atoms with van der Waals surface area (Å²) < 4.78 is 0. The average molecular weight is 1720 g/mol. The molecule has 0 unspecified atom stereocenters. The molecule has 1 fully saturated rings. The van der Waals surface area contributed by atoms with Crippen molar-refractivity contribution in [3.05, 3.63) is 29.8 Å². The molecule has 1 aliphatic heterocycles. The Bertz CT molecular complexity index is 3410. The summed E-state index contributed by atoms with van der Waals surface area (Å²) in [6.45, 7) is 14.8. The van der Waals surface area contributed by atoms with Gasteiger partial charge >= 0.3 is 5.97 Å². The molecule has 13 amide bonds. The number of aromatic hydroxyl groups is 1. The highest BCUT2D eigenvalue weighted by molar-refractivity contribution is 8.76. The number of carbonyl (C=O) groups is 14. The van der Waals surface area contributed by atoms with Gasteiger partial charge in [-0.25, -0.2) is 0 Å². The van der Waals surface area contributed by atoms with E-state index in [1.54, 1.807) is 13.8 Å². The number of nitrogens with one attached hydrogen (secondary N) is 11. The van der Waals surface area contributed by atoms with E-state index >= 15 is 4.79 Å². The van der Waals surface area contributed by atoms with Gasteiger partial charge < -0.3 is 113 Å². The zero-order valence-corrected chi connectivity index (χ0v) is 72.8. The van der Waals surface area contributed by atoms with Crippen molar-refractivity contribution in [1.82, 2.24) is 63.4 Å². The minimum absolute atomic E-state index is 0.0129. The molecule has 1 heterocycles. The summed E-state index contributed by atoms with van der Waals surface area (Å²) in [6, 6.07) is -11.0. The molecule has 13 atom stereocenters. The summed E-state index contributed by atoms with van der Waals surface area (Å²) in [5.74, 6) is -12.9. The molecule has 37 nitrogen and oxygen atoms in total. The molecule has 1 aromatic carbocycles. The van der Waals surface area contributed by atoms with Crippen molar-refractivity contribution >= 4 is 116 Å². The van der Waals surface area contributed by atoms with Crippen molar-refractivity contribution in [2.75, 3.05) is 37.7 Å². The Labute approximate surface area is 708 Å². The summed E-state index contributed by atoms with van der Waals surface area (Å²) in [5.41, 5.74) is 34.1. The number of nitrogens with zero attached hydrogens (tertiary/aromatic N) is 3. The fourth-order valence-electron chi connectivity index (χ4n) is 13.1. The van der Waals surface area contributed by atoms with E-state index in [0.717, 1.165) is 37.0 Å². The number of amides is 13. The zero-order chi connectivity index (χ0) is 89.1. The molecule has 0 spiro atoms. The number of likely N-dealkylation sites (tertiary alicyclic amines) is 1. The standard InChI is InChI=1S/C80H140N20O17S2/c1-10-11-12-13-14-15-16-17-18-19-20-21-22-25-43-118-119-47-63(98-73(112)59(37-38-65(104)105)94-72(111)58(31-27-41-88-80(85)86)93-71(110)57(30-26-40-87-79(83)84)92-68(107)50(6)89-70(109)56(91-53(9)102)29-23-24-39-81)76(115)96-61(45-49(4)5)75(114)99-66(52(8)101)78(117)100-42-28-32-64(100)77(116)97-62(46-54-33-35-55(103)36-34-54)74(113)90-51(7)69(108)95-60(67(82)106)44-48(2)3/h33-36,48-52,56-64,66,101,103H,10-32,37-47,81H2,1-9H3,(H2,82,106)(H,89,109)(H,90,113)(H,91,102)(H,92,107)(H,93,110)(H,94,111)(H,95,108)(H,96,115)(H,97,116)(H,98,112)(H,99,114)(H,104,105)(H4,83,84,87)(H4,85,86,88)/t50-,51-,52+,56-,57-,58-,59-,60-,61-,62-,63-,64-,66-/m0/s1. The minimum Gasteiger partial charge on any atom is -0.508 e. The number of hydrogen-bond acceptors (Lipinski definition) is 21. The number of carboxylic acid groups (broad SMARTS) is 1. The number of phenols is 1. The second kappa shape index (κ2) is 59.4. The van der Waals surface area contributed by atoms with Crippen LogP contribution in [-0.2, 0) is 73.5 Å². The summed E-state index contributed by atoms with van der Waals surface area (Å²) in [5, 5.41) is 60.2. The normalized spacial score (nSPS) is 15.5. The smallest absolute Gasteiger partial charge is 0.303 e. The van der Waals surface area contributed by atoms with Crippen LogP contribution in [0.1, 0.15) is 241 Å². The molecule has 0 aromatic heterocycles. The first kappa shape index (κ1) is 106. The Hall–Kier alpha value is -9.24. The third-order valence-corrected chi connectivity index (χ3v) is 22.2. The number of nitrogens with two attached hydrogens (primary N) is 6. The highest BCUT2D eigenvalue weighted by atomic mass is 33.1. The van der Waals surface area contributed by atoms with Gasteiger partial charge in [0.05, 0.1) is 6.10 Å². The summed E-state index contributed by atoms with van der Waals surface area (Å²) in [7, 11) is 2.65. The number of unbranched alkanes of at least 4 members (excludes halogenated alkanes) is 14. The van der Waals surface area contributed by atoms with Gasteiger partial charge in [0, 0.05) is 50.9 Å². The van der Waals surface area contributed by atoms with Gasteiger partial charge in [-0.3, -0.25) is 77.1 Å². The zero-order valence-electron chi connectivity index (χ0n) is 71.2. The maximum absolute atomic E-state index is 15.0. The van der Waals surface area contributed by atoms with E-state index < -0.39 is 174 Å². The SMILES string of the molecule is CCCCCCCCCCCCCCCCSSC[C@H](NC(=O)[C@H](CCC(=O)O)NC(=O)[C@H](CCCN=C(N)N)NC(=O)[C@H](CCCN=C(N)N)NC(=O)[C@H](C)NC(=O)[C@H](CCCCN)NC(C)=O)C(=O)N[C@@H](CC(C)C)C(=O)N[C@H](C(=O)N1CCC[C@H]1C(=O)N[C@@H](Cc1ccc(O)cc1)C(=O)N[C@@H](C)C(=O)N[C@@H](CC(C)C)C(N)=O)[C@@H](C)O. The quantitative estimate of drug-likeness (QED) is 0.0189. The van der Waals surface area contributed by atoms with Crippen molar-refractivity contribution in [1.29, 1.82) is 0 Å². The van der Waals surface area contributed by atoms with E-state index in [1.165, 1.54) is 131 Å². The molecule has 1 aromatic rings. The minimum atomic E-state index is -1.74. The maximum atomic E-state index is 15.0. The number of phenolic OH excluding ortho intramolecular Hbond substituents is 1. The van der Waals surface area contributed by atoms with Gasteiger partial charge in [-0.2, -0.15) is 0 Å². The van der Waals surface area contributed by atoms with Crippen LogP contribution in [0.2, 0.25) is 0 Å². The Kier molecular flexibility index (Phi) is 52.9. The number of aliphatic imine (C=N–C) groups is 2. The highest BCUT2D eigenvalue weighted by Crippen LogP contribution is 2.26. The third-order valence-electron chi connectivity index (χ3n) is 19.7. The molecule has 0 bridgehead atoms. The highest BCUT2D eigenvalue weighted by Gasteiger charge is 2.42. The molecule has 39 heteroatoms. The topological polar surface area (TPSA) is 616 Å². The van der Waals surface area contributed by atoms with Crippen LogP contribution in [0.4, 0.5) is 0 Å². The van der Waals surface area contributed by atoms with Crippen LogP contribution in [0.5, 0.6) is 5.75 Å². The monoisotopic (exact) mass is 1720 g/mol. The van der Waals surface area contributed by atoms with E-state index in [1.807, 2.05) is 13.8 Å². The predicted octanol–water partition coefficient (Wildman–Crippen LogP) is 1.24. The Morgan fingerprint density at radius 2 is 0.899 bits per heavy atom. The number of primary amides is 1. The first-order valence-corrected chi connectivity index (χ1v) is 44.5. The molecule has 119 heavy (non-hydrogen) atoms. The molecule has 2 rings (SSSR count). The van der Waals surface area contributed by atoms with E-state index in [2.05, 4.69) is 75.4 Å². The van der Waals surface area contributed by atoms with Crippen molar-refractivity contribution < 1.29 is 82.4 Å². The molecule has 0 aliphatic carbocycles. The second-order valence-electron chi connectivity index (χ2n) is 31.4. The largest absolute Gasteiger partial charge is 0.508 e. The summed E-state index contributed by atoms with van der Waals surface area (Å²) in [4.78, 5) is 204. The van der Waals surface area contributed by atoms with Crippen molar-refractivity contribution in [2.45, 2.75) is 321 Å². The molecule has 0 radical (unpaired) electrons. The lowest BCUT2D eigenvalue weighted by Gasteiger charge is -2.32. The van der Waals surface area contributed by atoms with Crippen LogP contribution in [0, 0.1) is 11.8 Å². The third kappa shape index (κ3) is 45.1. The number of carbonyl (C=O) groups excluding carboxylic acids is 13. The van der Waals surface area contributed by atoms with Gasteiger partial charge in [0.15, 0.2) is 11.9 Å². The Morgan fingerprint density at radius 3 is 1.37 bits per heavy atom. The van der Waals surface area contributed by atoms with Gasteiger partial charge in [0.1, 0.15) is 78.3 Å². The fourth-order valence-corrected chi connectivity index (χ4v) is 15.4. The number of aliphatic carboxylic acids is 1. The van der Waals surface area contributed by atoms with Crippen LogP contribution in [0.25, 0.3) is 0 Å². The lowest BCUT2D eigenvalue weighted by Crippen LogP contribution is -2.62. The van der Waals surface area contributed by atoms with Gasteiger partial charge in [0.25, 0.3) is 0 Å². The Morgan fingerprint density at radius 1 is 0.479 bits per heavy atom. The molecule has 0 saturated carbocycles. The van der Waals surface area contributed by atoms with Crippen molar-refractivity contribution in [3.8, 4) is 5.75 Å². The van der Waals surface area contributed by atoms with Crippen LogP contribution in [-0.4, -0.2) is 231 Å². The molecular formula is C80H140N20O17S2. The lowest BCUT2D eigenvalue weighted by atomic mass is 10.0. The number of guanidine groups is 2. The van der Waals surface area contributed by atoms with Gasteiger partial charge in [-0.1, -0.05) is 152 Å². The number of rotatable bonds is 63. The molecule has 1 aliphatic rings. The number of benzene rings is 1. The second-order valence-corrected chi connectivity index (χ2v) is 34.0. The fraction of sp³-hybridized carbons (Fsp3) is 0.725. The maximum Gasteiger partial charge on any atom is 0.303 e. The van der Waals surface area contributed by atoms with Gasteiger partial charge in [-0.15, -0.1) is 0 Å². The molecule has 26 N–H and O–H groups in total. The molecule has 674 valence electrons. The van der Waals surface area contributed by atoms with Gasteiger partial charge in [0.2, 0.25) is 76.8 Å². The van der Waals surface area contributed by atoms with Crippen molar-refractivity contribution in [3.63, 3.8) is 0 Å². The number of aliphatic hydroxyl groups is 1. The van der Waals surface area contributed by atoms with Gasteiger partial charge in [-0.05, 0) is 140 Å². The first-order valence-electron chi connectivity index (χ1n) is 42.0. The van der Waals surface area contributed by atoms with E-state index in [4.69, 9.17) is 34.4 Å². The van der Waals surface area contributed by atoms with Crippen LogP contribution >= 0.6 is 21.6 Å². The van der Waals surface area contributed by atoms with Crippen LogP contribution < -0.4 is 92.9 Å². The van der Waals surface area contributed by atoms with Crippen molar-refractivity contribution in [2.24, 2.45) is 56.2 Å². The van der Waals surface area contributed by atoms with E-state index in [9.17, 15) is 77.6 Å². The Balaban J connectivity index is 2.62. The van der Waals surface area contributed by atoms with E-state index in [-0.39, 0.29) is 119 Å². The average Bonchev–Trinajstić information content (AvgIpc) is 1.72. The number of carboxylic acids is 1. The van der Waals surface area contributed by atoms with Crippen LogP contribution in [0.3, 0.4) is 0 Å². The number of aliphatic hydroxyl groups excluding tert-OH is 1. The van der Waals surface area contributed by atoms with E-state index in [0.29, 0.717) is 30.7 Å². The summed E-state index contributed by atoms with van der Waals surface area (Å²) >= 11 is 0. The van der Waals surface area contributed by atoms with Crippen LogP contribution in [0.15, 0.2) is 34.3 Å². The number of hydrogen-bond donors (Lipinski definition) is 20.